The van der Waals surface area contributed by atoms with Crippen LogP contribution in [0.1, 0.15) is 5.56 Å². The number of hydrazine groups is 1. The molecule has 0 unspecified atom stereocenters. The van der Waals surface area contributed by atoms with Crippen molar-refractivity contribution in [1.82, 2.24) is 0 Å². The third kappa shape index (κ3) is 3.45. The number of anilines is 2. The Bertz CT molecular complexity index is 728. The van der Waals surface area contributed by atoms with Gasteiger partial charge in [-0.25, -0.2) is 8.42 Å². The molecule has 0 saturated heterocycles. The highest BCUT2D eigenvalue weighted by Gasteiger charge is 2.14. The number of hydrogen-bond acceptors (Lipinski definition) is 5. The third-order valence-electron chi connectivity index (χ3n) is 2.98. The van der Waals surface area contributed by atoms with Crippen molar-refractivity contribution >= 4 is 21.4 Å². The zero-order valence-electron chi connectivity index (χ0n) is 11.8. The Morgan fingerprint density at radius 1 is 1.05 bits per heavy atom. The summed E-state index contributed by atoms with van der Waals surface area (Å²) in [5.41, 5.74) is 4.41. The number of methoxy groups -OCH3 is 1. The molecule has 2 aromatic carbocycles. The van der Waals surface area contributed by atoms with Gasteiger partial charge in [-0.1, -0.05) is 0 Å². The smallest absolute Gasteiger partial charge is 0.261 e. The van der Waals surface area contributed by atoms with E-state index in [9.17, 15) is 8.42 Å². The largest absolute Gasteiger partial charge is 0.496 e. The molecular formula is C14H17N3O3S. The predicted octanol–water partition coefficient (Wildman–Crippen LogP) is 2.09. The number of hydrogen-bond donors (Lipinski definition) is 3. The van der Waals surface area contributed by atoms with Gasteiger partial charge in [-0.05, 0) is 55.0 Å². The van der Waals surface area contributed by atoms with E-state index in [-0.39, 0.29) is 4.90 Å². The standard InChI is InChI=1S/C14H17N3O3S/c1-10-9-12(5-8-14(10)20-2)17-21(18,19)13-6-3-11(16-15)4-7-13/h3-9,16-17H,15H2,1-2H3. The first-order chi connectivity index (χ1) is 9.96. The SMILES string of the molecule is COc1ccc(NS(=O)(=O)c2ccc(NN)cc2)cc1C. The molecule has 0 amide bonds. The van der Waals surface area contributed by atoms with Crippen LogP contribution in [0.3, 0.4) is 0 Å². The minimum atomic E-state index is -3.63. The summed E-state index contributed by atoms with van der Waals surface area (Å²) in [5, 5.41) is 0. The first-order valence-electron chi connectivity index (χ1n) is 6.20. The lowest BCUT2D eigenvalue weighted by Gasteiger charge is -2.11. The minimum Gasteiger partial charge on any atom is -0.496 e. The van der Waals surface area contributed by atoms with Crippen molar-refractivity contribution in [3.8, 4) is 5.75 Å². The van der Waals surface area contributed by atoms with Gasteiger partial charge in [0, 0.05) is 11.4 Å². The fourth-order valence-electron chi connectivity index (χ4n) is 1.89. The third-order valence-corrected chi connectivity index (χ3v) is 4.38. The maximum absolute atomic E-state index is 12.3. The quantitative estimate of drug-likeness (QED) is 0.581. The molecular weight excluding hydrogens is 290 g/mol. The molecule has 0 heterocycles. The molecule has 0 saturated carbocycles. The van der Waals surface area contributed by atoms with Gasteiger partial charge in [0.2, 0.25) is 0 Å². The summed E-state index contributed by atoms with van der Waals surface area (Å²) in [4.78, 5) is 0.162. The first kappa shape index (κ1) is 15.1. The molecule has 4 N–H and O–H groups in total. The summed E-state index contributed by atoms with van der Waals surface area (Å²) < 4.78 is 32.2. The molecule has 0 aliphatic carbocycles. The van der Waals surface area contributed by atoms with E-state index in [1.165, 1.54) is 12.1 Å². The van der Waals surface area contributed by atoms with Crippen molar-refractivity contribution in [3.63, 3.8) is 0 Å². The van der Waals surface area contributed by atoms with Gasteiger partial charge in [-0.3, -0.25) is 10.6 Å². The van der Waals surface area contributed by atoms with E-state index < -0.39 is 10.0 Å². The molecule has 0 aromatic heterocycles. The predicted molar refractivity (Wildman–Crippen MR) is 82.8 cm³/mol. The minimum absolute atomic E-state index is 0.162. The van der Waals surface area contributed by atoms with Crippen LogP contribution in [0.2, 0.25) is 0 Å². The maximum atomic E-state index is 12.3. The van der Waals surface area contributed by atoms with Crippen LogP contribution in [-0.2, 0) is 10.0 Å². The van der Waals surface area contributed by atoms with Crippen molar-refractivity contribution in [2.45, 2.75) is 11.8 Å². The van der Waals surface area contributed by atoms with Crippen LogP contribution in [0.15, 0.2) is 47.4 Å². The van der Waals surface area contributed by atoms with Crippen LogP contribution in [-0.4, -0.2) is 15.5 Å². The van der Waals surface area contributed by atoms with Gasteiger partial charge < -0.3 is 10.2 Å². The first-order valence-corrected chi connectivity index (χ1v) is 7.69. The van der Waals surface area contributed by atoms with Crippen LogP contribution >= 0.6 is 0 Å². The van der Waals surface area contributed by atoms with Crippen molar-refractivity contribution in [3.05, 3.63) is 48.0 Å². The highest BCUT2D eigenvalue weighted by Crippen LogP contribution is 2.24. The number of aryl methyl sites for hydroxylation is 1. The van der Waals surface area contributed by atoms with Crippen LogP contribution < -0.4 is 20.7 Å². The average Bonchev–Trinajstić information content (AvgIpc) is 2.47. The topological polar surface area (TPSA) is 93.4 Å². The second-order valence-corrected chi connectivity index (χ2v) is 6.14. The van der Waals surface area contributed by atoms with Crippen molar-refractivity contribution < 1.29 is 13.2 Å². The van der Waals surface area contributed by atoms with Crippen LogP contribution in [0.5, 0.6) is 5.75 Å². The highest BCUT2D eigenvalue weighted by atomic mass is 32.2. The fourth-order valence-corrected chi connectivity index (χ4v) is 2.94. The molecule has 6 nitrogen and oxygen atoms in total. The Labute approximate surface area is 124 Å². The second-order valence-electron chi connectivity index (χ2n) is 4.46. The van der Waals surface area contributed by atoms with E-state index in [1.807, 2.05) is 6.92 Å². The van der Waals surface area contributed by atoms with Gasteiger partial charge in [0.15, 0.2) is 0 Å². The van der Waals surface area contributed by atoms with Gasteiger partial charge in [0.25, 0.3) is 10.0 Å². The lowest BCUT2D eigenvalue weighted by Crippen LogP contribution is -2.13. The van der Waals surface area contributed by atoms with Gasteiger partial charge in [0.05, 0.1) is 12.0 Å². The summed E-state index contributed by atoms with van der Waals surface area (Å²) in [6.45, 7) is 1.85. The van der Waals surface area contributed by atoms with E-state index >= 15 is 0 Å². The van der Waals surface area contributed by atoms with E-state index in [0.717, 1.165) is 5.56 Å². The van der Waals surface area contributed by atoms with Gasteiger partial charge in [-0.2, -0.15) is 0 Å². The Morgan fingerprint density at radius 2 is 1.67 bits per heavy atom. The lowest BCUT2D eigenvalue weighted by molar-refractivity contribution is 0.412. The zero-order valence-corrected chi connectivity index (χ0v) is 12.6. The number of nitrogens with one attached hydrogen (secondary N) is 2. The number of nitrogen functional groups attached to an aromatic ring is 1. The molecule has 7 heteroatoms. The number of sulfonamides is 1. The molecule has 112 valence electrons. The molecule has 0 fully saturated rings. The van der Waals surface area contributed by atoms with Crippen LogP contribution in [0.4, 0.5) is 11.4 Å². The van der Waals surface area contributed by atoms with Gasteiger partial charge >= 0.3 is 0 Å². The van der Waals surface area contributed by atoms with Gasteiger partial charge in [0.1, 0.15) is 5.75 Å². The van der Waals surface area contributed by atoms with Crippen LogP contribution in [0.25, 0.3) is 0 Å². The molecule has 2 aromatic rings. The summed E-state index contributed by atoms with van der Waals surface area (Å²) in [6.07, 6.45) is 0. The summed E-state index contributed by atoms with van der Waals surface area (Å²) in [5.74, 6) is 5.95. The number of nitrogens with two attached hydrogens (primary N) is 1. The fraction of sp³-hybridized carbons (Fsp3) is 0.143. The Hall–Kier alpha value is -2.25. The number of ether oxygens (including phenoxy) is 1. The summed E-state index contributed by atoms with van der Waals surface area (Å²) in [6, 6.07) is 11.2. The lowest BCUT2D eigenvalue weighted by atomic mass is 10.2. The molecule has 0 atom stereocenters. The molecule has 0 spiro atoms. The van der Waals surface area contributed by atoms with Crippen LogP contribution in [0, 0.1) is 6.92 Å². The summed E-state index contributed by atoms with van der Waals surface area (Å²) >= 11 is 0. The molecule has 0 aliphatic rings. The van der Waals surface area contributed by atoms with E-state index in [1.54, 1.807) is 37.4 Å². The molecule has 21 heavy (non-hydrogen) atoms. The Kier molecular flexibility index (Phi) is 4.35. The van der Waals surface area contributed by atoms with Crippen molar-refractivity contribution in [1.29, 1.82) is 0 Å². The Balaban J connectivity index is 2.26. The molecule has 0 aliphatic heterocycles. The Morgan fingerprint density at radius 3 is 2.19 bits per heavy atom. The monoisotopic (exact) mass is 307 g/mol. The van der Waals surface area contributed by atoms with Crippen molar-refractivity contribution in [2.24, 2.45) is 5.84 Å². The number of benzene rings is 2. The summed E-state index contributed by atoms with van der Waals surface area (Å²) in [7, 11) is -2.07. The number of rotatable bonds is 5. The molecule has 0 radical (unpaired) electrons. The van der Waals surface area contributed by atoms with E-state index in [2.05, 4.69) is 10.1 Å². The zero-order chi connectivity index (χ0) is 15.5. The molecule has 2 rings (SSSR count). The van der Waals surface area contributed by atoms with E-state index in [0.29, 0.717) is 17.1 Å². The average molecular weight is 307 g/mol. The van der Waals surface area contributed by atoms with E-state index in [4.69, 9.17) is 10.6 Å². The second kappa shape index (κ2) is 6.02. The van der Waals surface area contributed by atoms with Gasteiger partial charge in [-0.15, -0.1) is 0 Å². The molecule has 0 bridgehead atoms. The maximum Gasteiger partial charge on any atom is 0.261 e. The normalized spacial score (nSPS) is 11.0. The van der Waals surface area contributed by atoms with Crippen molar-refractivity contribution in [2.75, 3.05) is 17.3 Å². The highest BCUT2D eigenvalue weighted by molar-refractivity contribution is 7.92.